The number of carbonyl (C=O) groups excluding carboxylic acids is 2. The van der Waals surface area contributed by atoms with Gasteiger partial charge in [-0.3, -0.25) is 9.59 Å². The first-order valence-corrected chi connectivity index (χ1v) is 7.18. The second-order valence-corrected chi connectivity index (χ2v) is 5.64. The normalized spacial score (nSPS) is 18.9. The predicted molar refractivity (Wildman–Crippen MR) is 80.1 cm³/mol. The van der Waals surface area contributed by atoms with Crippen molar-refractivity contribution in [2.45, 2.75) is 0 Å². The first-order valence-electron chi connectivity index (χ1n) is 7.18. The van der Waals surface area contributed by atoms with Crippen molar-refractivity contribution < 1.29 is 19.8 Å². The molecule has 0 unspecified atom stereocenters. The van der Waals surface area contributed by atoms with Crippen LogP contribution in [0, 0.1) is 11.3 Å². The van der Waals surface area contributed by atoms with Crippen molar-refractivity contribution in [3.8, 4) is 17.6 Å². The lowest BCUT2D eigenvalue weighted by molar-refractivity contribution is 0.0915. The number of ketones is 2. The van der Waals surface area contributed by atoms with E-state index in [2.05, 4.69) is 4.90 Å². The molecular weight excluding hydrogens is 298 g/mol. The Morgan fingerprint density at radius 2 is 1.52 bits per heavy atom. The van der Waals surface area contributed by atoms with Crippen LogP contribution in [0.5, 0.6) is 11.5 Å². The van der Waals surface area contributed by atoms with Crippen LogP contribution in [-0.4, -0.2) is 64.8 Å². The zero-order valence-corrected chi connectivity index (χ0v) is 12.5. The molecule has 0 atom stereocenters. The van der Waals surface area contributed by atoms with Gasteiger partial charge in [-0.1, -0.05) is 0 Å². The highest BCUT2D eigenvalue weighted by atomic mass is 16.3. The molecule has 0 amide bonds. The number of Topliss-reactive ketones (excluding diaryl/α,β-unsaturated/α-hetero) is 2. The first kappa shape index (κ1) is 15.1. The summed E-state index contributed by atoms with van der Waals surface area (Å²) < 4.78 is 0. The number of piperazine rings is 1. The molecule has 2 N–H and O–H groups in total. The van der Waals surface area contributed by atoms with Crippen LogP contribution in [0.2, 0.25) is 0 Å². The van der Waals surface area contributed by atoms with Crippen molar-refractivity contribution in [1.29, 1.82) is 5.26 Å². The van der Waals surface area contributed by atoms with Crippen molar-refractivity contribution >= 4 is 11.6 Å². The van der Waals surface area contributed by atoms with Crippen LogP contribution in [0.4, 0.5) is 0 Å². The molecule has 1 aliphatic heterocycles. The fourth-order valence-electron chi connectivity index (χ4n) is 2.94. The van der Waals surface area contributed by atoms with Crippen molar-refractivity contribution in [3.63, 3.8) is 0 Å². The minimum atomic E-state index is -0.732. The zero-order valence-electron chi connectivity index (χ0n) is 12.5. The number of aromatic hydroxyl groups is 2. The maximum atomic E-state index is 12.8. The van der Waals surface area contributed by atoms with E-state index in [1.54, 1.807) is 11.0 Å². The summed E-state index contributed by atoms with van der Waals surface area (Å²) in [5, 5.41) is 29.2. The number of phenolic OH excluding ortho intramolecular Hbond substituents is 2. The quantitative estimate of drug-likeness (QED) is 0.727. The van der Waals surface area contributed by atoms with Crippen LogP contribution in [0.25, 0.3) is 0 Å². The van der Waals surface area contributed by atoms with Gasteiger partial charge in [0.2, 0.25) is 11.6 Å². The molecule has 0 saturated carbocycles. The first-order chi connectivity index (χ1) is 11.0. The highest BCUT2D eigenvalue weighted by Crippen LogP contribution is 2.38. The number of benzene rings is 1. The molecule has 7 nitrogen and oxygen atoms in total. The lowest BCUT2D eigenvalue weighted by Crippen LogP contribution is -2.46. The van der Waals surface area contributed by atoms with Crippen molar-refractivity contribution in [1.82, 2.24) is 9.80 Å². The number of hydrogen-bond acceptors (Lipinski definition) is 7. The van der Waals surface area contributed by atoms with E-state index >= 15 is 0 Å². The monoisotopic (exact) mass is 313 g/mol. The molecule has 0 bridgehead atoms. The van der Waals surface area contributed by atoms with E-state index in [-0.39, 0.29) is 28.1 Å². The summed E-state index contributed by atoms with van der Waals surface area (Å²) in [6.45, 7) is 2.40. The van der Waals surface area contributed by atoms with Gasteiger partial charge in [0.25, 0.3) is 0 Å². The Balaban J connectivity index is 2.16. The maximum Gasteiger partial charge on any atom is 0.215 e. The minimum Gasteiger partial charge on any atom is -0.507 e. The average molecular weight is 313 g/mol. The number of phenols is 2. The van der Waals surface area contributed by atoms with Gasteiger partial charge < -0.3 is 20.0 Å². The molecule has 0 spiro atoms. The van der Waals surface area contributed by atoms with Gasteiger partial charge in [0, 0.05) is 26.2 Å². The van der Waals surface area contributed by atoms with Crippen LogP contribution < -0.4 is 0 Å². The van der Waals surface area contributed by atoms with Gasteiger partial charge in [0.05, 0.1) is 11.1 Å². The van der Waals surface area contributed by atoms with Gasteiger partial charge in [0.1, 0.15) is 28.8 Å². The fraction of sp³-hybridized carbons (Fsp3) is 0.312. The number of likely N-dealkylation sites (N-methyl/N-ethyl adjacent to an activating group) is 1. The van der Waals surface area contributed by atoms with Gasteiger partial charge in [0.15, 0.2) is 0 Å². The van der Waals surface area contributed by atoms with Crippen LogP contribution in [0.3, 0.4) is 0 Å². The van der Waals surface area contributed by atoms with Crippen LogP contribution in [-0.2, 0) is 0 Å². The molecule has 118 valence electrons. The van der Waals surface area contributed by atoms with Crippen LogP contribution in [0.1, 0.15) is 20.7 Å². The number of carbonyl (C=O) groups is 2. The Hall–Kier alpha value is -2.85. The third kappa shape index (κ3) is 2.24. The topological polar surface area (TPSA) is 105 Å². The second kappa shape index (κ2) is 5.41. The minimum absolute atomic E-state index is 0.0130. The van der Waals surface area contributed by atoms with E-state index in [0.29, 0.717) is 26.2 Å². The van der Waals surface area contributed by atoms with Crippen LogP contribution in [0.15, 0.2) is 23.4 Å². The summed E-state index contributed by atoms with van der Waals surface area (Å²) in [7, 11) is 1.95. The maximum absolute atomic E-state index is 12.8. The Bertz CT molecular complexity index is 783. The average Bonchev–Trinajstić information content (AvgIpc) is 2.53. The van der Waals surface area contributed by atoms with Crippen LogP contribution >= 0.6 is 0 Å². The van der Waals surface area contributed by atoms with E-state index in [4.69, 9.17) is 0 Å². The number of nitrogens with zero attached hydrogens (tertiary/aromatic N) is 3. The van der Waals surface area contributed by atoms with Crippen molar-refractivity contribution in [2.75, 3.05) is 33.2 Å². The summed E-state index contributed by atoms with van der Waals surface area (Å²) in [5.74, 6) is -2.13. The molecule has 7 heteroatoms. The smallest absolute Gasteiger partial charge is 0.215 e. The van der Waals surface area contributed by atoms with E-state index < -0.39 is 17.3 Å². The van der Waals surface area contributed by atoms with Gasteiger partial charge in [-0.25, -0.2) is 0 Å². The molecule has 1 saturated heterocycles. The number of fused-ring (bicyclic) bond motifs is 1. The fourth-order valence-corrected chi connectivity index (χ4v) is 2.94. The molecule has 1 aromatic rings. The number of allylic oxidation sites excluding steroid dienone is 2. The molecule has 0 aromatic heterocycles. The van der Waals surface area contributed by atoms with E-state index in [0.717, 1.165) is 12.1 Å². The molecule has 23 heavy (non-hydrogen) atoms. The Morgan fingerprint density at radius 3 is 2.04 bits per heavy atom. The number of nitriles is 1. The Morgan fingerprint density at radius 1 is 1.00 bits per heavy atom. The summed E-state index contributed by atoms with van der Waals surface area (Å²) in [6.07, 6.45) is 0. The molecule has 0 radical (unpaired) electrons. The highest BCUT2D eigenvalue weighted by molar-refractivity contribution is 6.30. The Kier molecular flexibility index (Phi) is 3.54. The molecule has 1 fully saturated rings. The van der Waals surface area contributed by atoms with E-state index in [1.165, 1.54) is 0 Å². The van der Waals surface area contributed by atoms with Gasteiger partial charge >= 0.3 is 0 Å². The lowest BCUT2D eigenvalue weighted by atomic mass is 9.85. The third-order valence-corrected chi connectivity index (χ3v) is 4.23. The zero-order chi connectivity index (χ0) is 16.7. The summed E-state index contributed by atoms with van der Waals surface area (Å²) in [5.41, 5.74) is -0.806. The second-order valence-electron chi connectivity index (χ2n) is 5.64. The SMILES string of the molecule is CN1CCN(C2=C(C#N)C(=O)c3c(O)ccc(O)c3C2=O)CC1. The predicted octanol–water partition coefficient (Wildman–Crippen LogP) is 0.502. The van der Waals surface area contributed by atoms with E-state index in [9.17, 15) is 25.1 Å². The van der Waals surface area contributed by atoms with E-state index in [1.807, 2.05) is 7.05 Å². The molecule has 1 aliphatic carbocycles. The lowest BCUT2D eigenvalue weighted by Gasteiger charge is -2.36. The third-order valence-electron chi connectivity index (χ3n) is 4.23. The van der Waals surface area contributed by atoms with Gasteiger partial charge in [-0.15, -0.1) is 0 Å². The molecule has 2 aliphatic rings. The Labute approximate surface area is 132 Å². The summed E-state index contributed by atoms with van der Waals surface area (Å²) in [6, 6.07) is 4.09. The van der Waals surface area contributed by atoms with Crippen molar-refractivity contribution in [2.24, 2.45) is 0 Å². The molecule has 1 heterocycles. The molecular formula is C16H15N3O4. The summed E-state index contributed by atoms with van der Waals surface area (Å²) >= 11 is 0. The summed E-state index contributed by atoms with van der Waals surface area (Å²) in [4.78, 5) is 29.1. The number of rotatable bonds is 1. The van der Waals surface area contributed by atoms with Gasteiger partial charge in [-0.05, 0) is 19.2 Å². The standard InChI is InChI=1S/C16H15N3O4/c1-18-4-6-19(7-5-18)14-9(8-17)15(22)12-10(20)2-3-11(21)13(12)16(14)23/h2-3,20-21H,4-7H2,1H3. The largest absolute Gasteiger partial charge is 0.507 e. The highest BCUT2D eigenvalue weighted by Gasteiger charge is 2.39. The molecule has 3 rings (SSSR count). The molecule has 1 aromatic carbocycles. The van der Waals surface area contributed by atoms with Gasteiger partial charge in [-0.2, -0.15) is 5.26 Å². The van der Waals surface area contributed by atoms with Crippen molar-refractivity contribution in [3.05, 3.63) is 34.5 Å². The number of hydrogen-bond donors (Lipinski definition) is 2.